The maximum absolute atomic E-state index is 12.0. The smallest absolute Gasteiger partial charge is 0.224 e. The highest BCUT2D eigenvalue weighted by molar-refractivity contribution is 5.90. The predicted molar refractivity (Wildman–Crippen MR) is 91.8 cm³/mol. The van der Waals surface area contributed by atoms with E-state index < -0.39 is 0 Å². The molecule has 0 bridgehead atoms. The molecule has 0 atom stereocenters. The maximum Gasteiger partial charge on any atom is 0.224 e. The van der Waals surface area contributed by atoms with Crippen molar-refractivity contribution in [2.45, 2.75) is 26.2 Å². The number of aliphatic hydroxyl groups excluding tert-OH is 1. The van der Waals surface area contributed by atoms with Crippen LogP contribution in [0.4, 0.5) is 5.69 Å². The molecule has 0 heterocycles. The first-order valence-electron chi connectivity index (χ1n) is 7.92. The second-order valence-electron chi connectivity index (χ2n) is 5.31. The maximum atomic E-state index is 12.0. The van der Waals surface area contributed by atoms with Gasteiger partial charge in [-0.1, -0.05) is 31.2 Å². The first-order chi connectivity index (χ1) is 11.2. The third-order valence-electron chi connectivity index (χ3n) is 3.57. The molecule has 0 aliphatic carbocycles. The van der Waals surface area contributed by atoms with Crippen LogP contribution < -0.4 is 10.1 Å². The van der Waals surface area contributed by atoms with Gasteiger partial charge in [0, 0.05) is 12.1 Å². The number of hydrogen-bond acceptors (Lipinski definition) is 3. The second kappa shape index (κ2) is 8.96. The summed E-state index contributed by atoms with van der Waals surface area (Å²) in [5.74, 6) is 0.668. The number of hydrogen-bond donors (Lipinski definition) is 2. The Labute approximate surface area is 137 Å². The Hall–Kier alpha value is -2.33. The van der Waals surface area contributed by atoms with Crippen molar-refractivity contribution in [3.8, 4) is 5.75 Å². The lowest BCUT2D eigenvalue weighted by atomic mass is 10.1. The number of nitrogens with one attached hydrogen (secondary N) is 1. The Bertz CT molecular complexity index is 606. The van der Waals surface area contributed by atoms with Gasteiger partial charge >= 0.3 is 0 Å². The van der Waals surface area contributed by atoms with E-state index in [4.69, 9.17) is 9.84 Å². The van der Waals surface area contributed by atoms with Crippen molar-refractivity contribution in [1.82, 2.24) is 0 Å². The lowest BCUT2D eigenvalue weighted by Gasteiger charge is -2.08. The van der Waals surface area contributed by atoms with Gasteiger partial charge in [0.25, 0.3) is 0 Å². The molecule has 122 valence electrons. The van der Waals surface area contributed by atoms with Gasteiger partial charge in [-0.3, -0.25) is 4.79 Å². The number of rotatable bonds is 8. The van der Waals surface area contributed by atoms with E-state index in [1.54, 1.807) is 24.3 Å². The molecule has 0 saturated heterocycles. The summed E-state index contributed by atoms with van der Waals surface area (Å²) in [6.45, 7) is 2.38. The molecule has 2 aromatic rings. The monoisotopic (exact) mass is 313 g/mol. The van der Waals surface area contributed by atoms with Gasteiger partial charge in [0.1, 0.15) is 12.4 Å². The largest absolute Gasteiger partial charge is 0.491 e. The van der Waals surface area contributed by atoms with E-state index in [0.29, 0.717) is 12.2 Å². The number of carbonyl (C=O) groups is 1. The van der Waals surface area contributed by atoms with Gasteiger partial charge in [-0.05, 0) is 48.2 Å². The van der Waals surface area contributed by atoms with E-state index >= 15 is 0 Å². The molecule has 4 nitrogen and oxygen atoms in total. The molecular weight excluding hydrogens is 290 g/mol. The second-order valence-corrected chi connectivity index (χ2v) is 5.31. The van der Waals surface area contributed by atoms with Gasteiger partial charge in [0.05, 0.1) is 6.61 Å². The Balaban J connectivity index is 1.79. The number of ether oxygens (including phenoxy) is 1. The van der Waals surface area contributed by atoms with Gasteiger partial charge in [0.2, 0.25) is 5.91 Å². The molecule has 0 aromatic heterocycles. The third-order valence-corrected chi connectivity index (χ3v) is 3.57. The van der Waals surface area contributed by atoms with Crippen molar-refractivity contribution in [3.63, 3.8) is 0 Å². The number of carbonyl (C=O) groups excluding carboxylic acids is 1. The van der Waals surface area contributed by atoms with E-state index in [0.717, 1.165) is 18.5 Å². The minimum Gasteiger partial charge on any atom is -0.491 e. The van der Waals surface area contributed by atoms with Gasteiger partial charge in [-0.2, -0.15) is 0 Å². The summed E-state index contributed by atoms with van der Waals surface area (Å²) in [5, 5.41) is 11.6. The molecule has 2 N–H and O–H groups in total. The predicted octanol–water partition coefficient (Wildman–Crippen LogP) is 3.19. The summed E-state index contributed by atoms with van der Waals surface area (Å²) in [6, 6.07) is 15.5. The van der Waals surface area contributed by atoms with Crippen LogP contribution in [0.2, 0.25) is 0 Å². The summed E-state index contributed by atoms with van der Waals surface area (Å²) in [6.07, 6.45) is 2.21. The number of aliphatic hydroxyl groups is 1. The van der Waals surface area contributed by atoms with Crippen LogP contribution in [-0.2, 0) is 17.6 Å². The Morgan fingerprint density at radius 2 is 1.70 bits per heavy atom. The van der Waals surface area contributed by atoms with Crippen molar-refractivity contribution in [2.24, 2.45) is 0 Å². The fourth-order valence-electron chi connectivity index (χ4n) is 2.22. The summed E-state index contributed by atoms with van der Waals surface area (Å²) in [7, 11) is 0. The van der Waals surface area contributed by atoms with Gasteiger partial charge in [0.15, 0.2) is 0 Å². The fourth-order valence-corrected chi connectivity index (χ4v) is 2.22. The minimum atomic E-state index is -0.0161. The zero-order valence-electron chi connectivity index (χ0n) is 13.4. The SMILES string of the molecule is CCc1ccc(CCC(=O)Nc2ccc(OCCO)cc2)cc1. The molecular formula is C19H23NO3. The summed E-state index contributed by atoms with van der Waals surface area (Å²) >= 11 is 0. The van der Waals surface area contributed by atoms with Crippen LogP contribution in [0, 0.1) is 0 Å². The summed E-state index contributed by atoms with van der Waals surface area (Å²) in [5.41, 5.74) is 3.22. The summed E-state index contributed by atoms with van der Waals surface area (Å²) in [4.78, 5) is 12.0. The zero-order valence-corrected chi connectivity index (χ0v) is 13.4. The van der Waals surface area contributed by atoms with E-state index in [1.807, 2.05) is 0 Å². The minimum absolute atomic E-state index is 0.00593. The molecule has 0 spiro atoms. The molecule has 2 rings (SSSR count). The van der Waals surface area contributed by atoms with E-state index in [-0.39, 0.29) is 19.1 Å². The quantitative estimate of drug-likeness (QED) is 0.787. The number of anilines is 1. The molecule has 0 saturated carbocycles. The van der Waals surface area contributed by atoms with Crippen LogP contribution >= 0.6 is 0 Å². The van der Waals surface area contributed by atoms with Crippen molar-refractivity contribution in [3.05, 3.63) is 59.7 Å². The van der Waals surface area contributed by atoms with Crippen LogP contribution in [0.15, 0.2) is 48.5 Å². The first kappa shape index (κ1) is 17.0. The molecule has 0 fully saturated rings. The van der Waals surface area contributed by atoms with Crippen LogP contribution in [-0.4, -0.2) is 24.2 Å². The lowest BCUT2D eigenvalue weighted by molar-refractivity contribution is -0.116. The van der Waals surface area contributed by atoms with Crippen molar-refractivity contribution >= 4 is 11.6 Å². The molecule has 1 amide bonds. The van der Waals surface area contributed by atoms with Crippen molar-refractivity contribution < 1.29 is 14.6 Å². The van der Waals surface area contributed by atoms with Gasteiger partial charge in [-0.25, -0.2) is 0 Å². The molecule has 23 heavy (non-hydrogen) atoms. The zero-order chi connectivity index (χ0) is 16.5. The third kappa shape index (κ3) is 5.75. The normalized spacial score (nSPS) is 10.3. The average molecular weight is 313 g/mol. The van der Waals surface area contributed by atoms with Crippen LogP contribution in [0.5, 0.6) is 5.75 Å². The summed E-state index contributed by atoms with van der Waals surface area (Å²) < 4.78 is 5.28. The molecule has 0 radical (unpaired) electrons. The number of benzene rings is 2. The van der Waals surface area contributed by atoms with Crippen molar-refractivity contribution in [2.75, 3.05) is 18.5 Å². The number of amides is 1. The Morgan fingerprint density at radius 3 is 2.30 bits per heavy atom. The highest BCUT2D eigenvalue weighted by Gasteiger charge is 2.04. The van der Waals surface area contributed by atoms with Crippen LogP contribution in [0.25, 0.3) is 0 Å². The first-order valence-corrected chi connectivity index (χ1v) is 7.92. The standard InChI is InChI=1S/C19H23NO3/c1-2-15-3-5-16(6-4-15)7-12-19(22)20-17-8-10-18(11-9-17)23-14-13-21/h3-6,8-11,21H,2,7,12-14H2,1H3,(H,20,22). The van der Waals surface area contributed by atoms with Gasteiger partial charge in [-0.15, -0.1) is 0 Å². The van der Waals surface area contributed by atoms with Gasteiger partial charge < -0.3 is 15.2 Å². The van der Waals surface area contributed by atoms with E-state index in [9.17, 15) is 4.79 Å². The Kier molecular flexibility index (Phi) is 6.63. The molecule has 2 aromatic carbocycles. The highest BCUT2D eigenvalue weighted by Crippen LogP contribution is 2.16. The molecule has 0 unspecified atom stereocenters. The molecule has 4 heteroatoms. The Morgan fingerprint density at radius 1 is 1.04 bits per heavy atom. The van der Waals surface area contributed by atoms with Crippen LogP contribution in [0.1, 0.15) is 24.5 Å². The molecule has 0 aliphatic heterocycles. The topological polar surface area (TPSA) is 58.6 Å². The highest BCUT2D eigenvalue weighted by atomic mass is 16.5. The molecule has 0 aliphatic rings. The van der Waals surface area contributed by atoms with E-state index in [1.165, 1.54) is 11.1 Å². The lowest BCUT2D eigenvalue weighted by Crippen LogP contribution is -2.12. The van der Waals surface area contributed by atoms with E-state index in [2.05, 4.69) is 36.5 Å². The number of aryl methyl sites for hydroxylation is 2. The fraction of sp³-hybridized carbons (Fsp3) is 0.316. The average Bonchev–Trinajstić information content (AvgIpc) is 2.60. The van der Waals surface area contributed by atoms with Crippen LogP contribution in [0.3, 0.4) is 0 Å². The van der Waals surface area contributed by atoms with Crippen molar-refractivity contribution in [1.29, 1.82) is 0 Å².